The van der Waals surface area contributed by atoms with Crippen LogP contribution in [0.5, 0.6) is 0 Å². The van der Waals surface area contributed by atoms with Gasteiger partial charge in [-0.2, -0.15) is 0 Å². The Balaban J connectivity index is 1.68. The Hall–Kier alpha value is -1.72. The monoisotopic (exact) mass is 339 g/mol. The lowest BCUT2D eigenvalue weighted by Crippen LogP contribution is -2.49. The van der Waals surface area contributed by atoms with Crippen molar-refractivity contribution in [2.45, 2.75) is 6.92 Å². The first-order valence-electron chi connectivity index (χ1n) is 6.95. The fraction of sp³-hybridized carbons (Fsp3) is 0.333. The number of piperazine rings is 1. The number of hydrogen-bond acceptors (Lipinski definition) is 4. The fourth-order valence-corrected chi connectivity index (χ4v) is 3.00. The second kappa shape index (κ2) is 6.18. The molecule has 5 nitrogen and oxygen atoms in total. The van der Waals surface area contributed by atoms with Crippen molar-refractivity contribution in [3.63, 3.8) is 0 Å². The average molecular weight is 340 g/mol. The number of halogens is 2. The Labute approximate surface area is 138 Å². The first kappa shape index (κ1) is 15.2. The van der Waals surface area contributed by atoms with Gasteiger partial charge in [-0.1, -0.05) is 23.2 Å². The van der Waals surface area contributed by atoms with E-state index in [0.717, 1.165) is 5.56 Å². The number of amides is 1. The van der Waals surface area contributed by atoms with Gasteiger partial charge in [0.1, 0.15) is 5.82 Å². The zero-order valence-corrected chi connectivity index (χ0v) is 13.6. The van der Waals surface area contributed by atoms with Crippen LogP contribution >= 0.6 is 23.2 Å². The van der Waals surface area contributed by atoms with Gasteiger partial charge in [0.2, 0.25) is 0 Å². The van der Waals surface area contributed by atoms with Crippen molar-refractivity contribution in [3.8, 4) is 0 Å². The highest BCUT2D eigenvalue weighted by molar-refractivity contribution is 6.36. The first-order chi connectivity index (χ1) is 10.6. The van der Waals surface area contributed by atoms with Gasteiger partial charge in [-0.25, -0.2) is 4.98 Å². The van der Waals surface area contributed by atoms with Crippen LogP contribution < -0.4 is 4.90 Å². The number of pyridine rings is 1. The number of carbonyl (C=O) groups excluding carboxylic acids is 1. The van der Waals surface area contributed by atoms with Gasteiger partial charge in [0.15, 0.2) is 5.76 Å². The Kier molecular flexibility index (Phi) is 4.27. The van der Waals surface area contributed by atoms with E-state index >= 15 is 0 Å². The zero-order valence-electron chi connectivity index (χ0n) is 12.1. The lowest BCUT2D eigenvalue weighted by Gasteiger charge is -2.35. The number of aromatic nitrogens is 1. The summed E-state index contributed by atoms with van der Waals surface area (Å²) < 4.78 is 5.27. The molecule has 0 unspecified atom stereocenters. The lowest BCUT2D eigenvalue weighted by atomic mass is 10.2. The summed E-state index contributed by atoms with van der Waals surface area (Å²) in [6.45, 7) is 4.39. The van der Waals surface area contributed by atoms with Crippen LogP contribution in [0.2, 0.25) is 10.0 Å². The van der Waals surface area contributed by atoms with Crippen LogP contribution in [-0.2, 0) is 0 Å². The molecule has 3 heterocycles. The molecule has 22 heavy (non-hydrogen) atoms. The van der Waals surface area contributed by atoms with Crippen molar-refractivity contribution in [2.75, 3.05) is 31.1 Å². The van der Waals surface area contributed by atoms with Crippen molar-refractivity contribution in [1.29, 1.82) is 0 Å². The van der Waals surface area contributed by atoms with Crippen LogP contribution in [0.25, 0.3) is 0 Å². The first-order valence-corrected chi connectivity index (χ1v) is 7.71. The molecule has 0 radical (unpaired) electrons. The number of hydrogen-bond donors (Lipinski definition) is 0. The molecule has 1 aliphatic heterocycles. The van der Waals surface area contributed by atoms with Crippen LogP contribution in [0, 0.1) is 6.92 Å². The summed E-state index contributed by atoms with van der Waals surface area (Å²) in [4.78, 5) is 20.5. The van der Waals surface area contributed by atoms with Crippen LogP contribution in [0.1, 0.15) is 16.1 Å². The van der Waals surface area contributed by atoms with Crippen LogP contribution in [-0.4, -0.2) is 42.0 Å². The van der Waals surface area contributed by atoms with E-state index in [4.69, 9.17) is 27.6 Å². The molecule has 0 saturated carbocycles. The van der Waals surface area contributed by atoms with Crippen molar-refractivity contribution in [2.24, 2.45) is 0 Å². The number of carbonyl (C=O) groups is 1. The summed E-state index contributed by atoms with van der Waals surface area (Å²) in [5.74, 6) is 1.04. The second-order valence-electron chi connectivity index (χ2n) is 5.17. The maximum absolute atomic E-state index is 12.4. The fourth-order valence-electron chi connectivity index (χ4n) is 2.50. The molecule has 3 rings (SSSR count). The molecular formula is C15H15Cl2N3O2. The third-order valence-corrected chi connectivity index (χ3v) is 4.20. The molecule has 0 N–H and O–H groups in total. The summed E-state index contributed by atoms with van der Waals surface area (Å²) in [5, 5.41) is 1.03. The minimum absolute atomic E-state index is 0.0719. The van der Waals surface area contributed by atoms with Gasteiger partial charge < -0.3 is 14.2 Å². The summed E-state index contributed by atoms with van der Waals surface area (Å²) in [5.41, 5.74) is 0.856. The third-order valence-electron chi connectivity index (χ3n) is 3.71. The number of aryl methyl sites for hydroxylation is 1. The predicted octanol–water partition coefficient (Wildman–Crippen LogP) is 3.25. The Morgan fingerprint density at radius 3 is 2.59 bits per heavy atom. The molecule has 7 heteroatoms. The third kappa shape index (κ3) is 2.91. The minimum Gasteiger partial charge on any atom is -0.459 e. The normalized spacial score (nSPS) is 15.2. The van der Waals surface area contributed by atoms with E-state index < -0.39 is 0 Å². The molecule has 1 fully saturated rings. The van der Waals surface area contributed by atoms with Gasteiger partial charge in [0, 0.05) is 37.9 Å². The molecule has 0 bridgehead atoms. The summed E-state index contributed by atoms with van der Waals surface area (Å²) >= 11 is 12.0. The molecule has 0 aliphatic carbocycles. The van der Waals surface area contributed by atoms with Gasteiger partial charge in [0.25, 0.3) is 5.91 Å². The molecule has 1 aliphatic rings. The highest BCUT2D eigenvalue weighted by Gasteiger charge is 2.26. The summed E-state index contributed by atoms with van der Waals surface area (Å²) in [6.07, 6.45) is 3.11. The largest absolute Gasteiger partial charge is 0.459 e. The van der Waals surface area contributed by atoms with E-state index in [1.54, 1.807) is 23.2 Å². The molecule has 2 aromatic heterocycles. The van der Waals surface area contributed by atoms with E-state index in [1.807, 2.05) is 6.92 Å². The molecule has 2 aromatic rings. The van der Waals surface area contributed by atoms with Crippen LogP contribution in [0.4, 0.5) is 5.82 Å². The van der Waals surface area contributed by atoms with Crippen molar-refractivity contribution >= 4 is 34.9 Å². The molecule has 1 saturated heterocycles. The van der Waals surface area contributed by atoms with E-state index in [9.17, 15) is 4.79 Å². The van der Waals surface area contributed by atoms with Crippen LogP contribution in [0.3, 0.4) is 0 Å². The SMILES string of the molecule is Cc1ccoc1C(=O)N1CCN(c2ncc(Cl)cc2Cl)CC1. The molecule has 0 aromatic carbocycles. The van der Waals surface area contributed by atoms with E-state index in [2.05, 4.69) is 9.88 Å². The number of nitrogens with zero attached hydrogens (tertiary/aromatic N) is 3. The van der Waals surface area contributed by atoms with Gasteiger partial charge in [0.05, 0.1) is 16.3 Å². The number of furan rings is 1. The molecule has 0 spiro atoms. The Morgan fingerprint density at radius 2 is 2.00 bits per heavy atom. The predicted molar refractivity (Wildman–Crippen MR) is 85.8 cm³/mol. The van der Waals surface area contributed by atoms with Gasteiger partial charge in [-0.3, -0.25) is 4.79 Å². The Bertz CT molecular complexity index is 694. The molecule has 1 amide bonds. The highest BCUT2D eigenvalue weighted by Crippen LogP contribution is 2.27. The number of anilines is 1. The van der Waals surface area contributed by atoms with E-state index in [0.29, 0.717) is 47.8 Å². The molecule has 0 atom stereocenters. The standard InChI is InChI=1S/C15H15Cl2N3O2/c1-10-2-7-22-13(10)15(21)20-5-3-19(4-6-20)14-12(17)8-11(16)9-18-14/h2,7-9H,3-6H2,1H3. The number of rotatable bonds is 2. The summed E-state index contributed by atoms with van der Waals surface area (Å²) in [7, 11) is 0. The van der Waals surface area contributed by atoms with Crippen molar-refractivity contribution in [1.82, 2.24) is 9.88 Å². The Morgan fingerprint density at radius 1 is 1.27 bits per heavy atom. The molecular weight excluding hydrogens is 325 g/mol. The second-order valence-corrected chi connectivity index (χ2v) is 6.01. The smallest absolute Gasteiger partial charge is 0.289 e. The summed E-state index contributed by atoms with van der Waals surface area (Å²) in [6, 6.07) is 3.47. The highest BCUT2D eigenvalue weighted by atomic mass is 35.5. The maximum atomic E-state index is 12.4. The maximum Gasteiger partial charge on any atom is 0.289 e. The quantitative estimate of drug-likeness (QED) is 0.842. The van der Waals surface area contributed by atoms with E-state index in [1.165, 1.54) is 6.26 Å². The lowest BCUT2D eigenvalue weighted by molar-refractivity contribution is 0.0713. The van der Waals surface area contributed by atoms with Gasteiger partial charge in [-0.15, -0.1) is 0 Å². The zero-order chi connectivity index (χ0) is 15.7. The molecule has 116 valence electrons. The van der Waals surface area contributed by atoms with Gasteiger partial charge >= 0.3 is 0 Å². The minimum atomic E-state index is -0.0719. The van der Waals surface area contributed by atoms with Gasteiger partial charge in [-0.05, 0) is 19.1 Å². The van der Waals surface area contributed by atoms with E-state index in [-0.39, 0.29) is 5.91 Å². The van der Waals surface area contributed by atoms with Crippen molar-refractivity contribution < 1.29 is 9.21 Å². The topological polar surface area (TPSA) is 49.6 Å². The van der Waals surface area contributed by atoms with Crippen LogP contribution in [0.15, 0.2) is 29.0 Å². The van der Waals surface area contributed by atoms with Crippen molar-refractivity contribution in [3.05, 3.63) is 46.0 Å². The average Bonchev–Trinajstić information content (AvgIpc) is 2.93.